The van der Waals surface area contributed by atoms with Crippen LogP contribution in [0.1, 0.15) is 30.9 Å². The normalized spacial score (nSPS) is 22.3. The van der Waals surface area contributed by atoms with Crippen molar-refractivity contribution in [1.29, 1.82) is 0 Å². The predicted octanol–water partition coefficient (Wildman–Crippen LogP) is 2.60. The van der Waals surface area contributed by atoms with Crippen LogP contribution in [0.25, 0.3) is 0 Å². The molecule has 0 bridgehead atoms. The molecule has 14 heavy (non-hydrogen) atoms. The molecule has 1 aromatic heterocycles. The van der Waals surface area contributed by atoms with Gasteiger partial charge in [0, 0.05) is 11.6 Å². The third-order valence-electron chi connectivity index (χ3n) is 2.45. The van der Waals surface area contributed by atoms with E-state index in [1.165, 1.54) is 19.2 Å². The smallest absolute Gasteiger partial charge is 0.138 e. The first kappa shape index (κ1) is 10.1. The fourth-order valence-electron chi connectivity index (χ4n) is 1.74. The topological polar surface area (TPSA) is 37.8 Å². The van der Waals surface area contributed by atoms with Gasteiger partial charge in [-0.2, -0.15) is 0 Å². The highest BCUT2D eigenvalue weighted by atomic mass is 35.5. The Morgan fingerprint density at radius 1 is 1.21 bits per heavy atom. The molecule has 0 radical (unpaired) electrons. The Hall–Kier alpha value is -0.380. The van der Waals surface area contributed by atoms with Crippen molar-refractivity contribution in [3.05, 3.63) is 22.2 Å². The van der Waals surface area contributed by atoms with E-state index < -0.39 is 0 Å². The Morgan fingerprint density at radius 3 is 2.50 bits per heavy atom. The summed E-state index contributed by atoms with van der Waals surface area (Å²) >= 11 is 12.0. The molecule has 0 aliphatic carbocycles. The summed E-state index contributed by atoms with van der Waals surface area (Å²) < 4.78 is 0. The zero-order valence-corrected chi connectivity index (χ0v) is 9.15. The molecule has 1 N–H and O–H groups in total. The molecule has 0 saturated carbocycles. The largest absolute Gasteiger partial charge is 0.310 e. The van der Waals surface area contributed by atoms with Crippen LogP contribution in [0.2, 0.25) is 10.3 Å². The van der Waals surface area contributed by atoms with Crippen molar-refractivity contribution in [3.63, 3.8) is 0 Å². The summed E-state index contributed by atoms with van der Waals surface area (Å²) in [6, 6.07) is 0.213. The van der Waals surface area contributed by atoms with E-state index in [2.05, 4.69) is 15.3 Å². The van der Waals surface area contributed by atoms with Crippen molar-refractivity contribution >= 4 is 23.2 Å². The molecule has 1 atom stereocenters. The SMILES string of the molecule is Clc1ncnc(Cl)c1C1CCCCN1. The van der Waals surface area contributed by atoms with Gasteiger partial charge < -0.3 is 5.32 Å². The van der Waals surface area contributed by atoms with E-state index in [1.54, 1.807) is 0 Å². The Balaban J connectivity index is 2.29. The van der Waals surface area contributed by atoms with Crippen LogP contribution in [0.15, 0.2) is 6.33 Å². The molecule has 1 aliphatic heterocycles. The maximum Gasteiger partial charge on any atom is 0.138 e. The lowest BCUT2D eigenvalue weighted by Gasteiger charge is -2.24. The van der Waals surface area contributed by atoms with Gasteiger partial charge in [-0.25, -0.2) is 9.97 Å². The van der Waals surface area contributed by atoms with Crippen LogP contribution >= 0.6 is 23.2 Å². The average Bonchev–Trinajstić information content (AvgIpc) is 2.19. The molecule has 76 valence electrons. The number of piperidine rings is 1. The minimum atomic E-state index is 0.213. The molecule has 1 saturated heterocycles. The highest BCUT2D eigenvalue weighted by Gasteiger charge is 2.21. The standard InChI is InChI=1S/C9H11Cl2N3/c10-8-7(9(11)14-5-13-8)6-3-1-2-4-12-6/h5-6,12H,1-4H2. The first-order chi connectivity index (χ1) is 6.79. The summed E-state index contributed by atoms with van der Waals surface area (Å²) in [6.45, 7) is 1.01. The van der Waals surface area contributed by atoms with Gasteiger partial charge in [0.05, 0.1) is 0 Å². The monoisotopic (exact) mass is 231 g/mol. The average molecular weight is 232 g/mol. The number of rotatable bonds is 1. The second-order valence-corrected chi connectivity index (χ2v) is 4.09. The number of nitrogens with zero attached hydrogens (tertiary/aromatic N) is 2. The Bertz CT molecular complexity index is 304. The van der Waals surface area contributed by atoms with Gasteiger partial charge in [-0.05, 0) is 19.4 Å². The van der Waals surface area contributed by atoms with Crippen molar-refractivity contribution in [2.24, 2.45) is 0 Å². The maximum atomic E-state index is 5.99. The fourth-order valence-corrected chi connectivity index (χ4v) is 2.32. The molecule has 1 aromatic rings. The number of halogens is 2. The van der Waals surface area contributed by atoms with Crippen LogP contribution < -0.4 is 5.32 Å². The zero-order valence-electron chi connectivity index (χ0n) is 7.63. The van der Waals surface area contributed by atoms with E-state index in [-0.39, 0.29) is 6.04 Å². The van der Waals surface area contributed by atoms with Gasteiger partial charge in [0.1, 0.15) is 16.6 Å². The molecule has 0 aromatic carbocycles. The van der Waals surface area contributed by atoms with Gasteiger partial charge in [0.2, 0.25) is 0 Å². The zero-order chi connectivity index (χ0) is 9.97. The summed E-state index contributed by atoms with van der Waals surface area (Å²) in [5.74, 6) is 0. The van der Waals surface area contributed by atoms with E-state index in [0.717, 1.165) is 18.5 Å². The van der Waals surface area contributed by atoms with Crippen molar-refractivity contribution < 1.29 is 0 Å². The first-order valence-corrected chi connectivity index (χ1v) is 5.44. The molecular formula is C9H11Cl2N3. The van der Waals surface area contributed by atoms with Gasteiger partial charge in [-0.3, -0.25) is 0 Å². The van der Waals surface area contributed by atoms with Crippen molar-refractivity contribution in [1.82, 2.24) is 15.3 Å². The quantitative estimate of drug-likeness (QED) is 0.756. The van der Waals surface area contributed by atoms with Crippen LogP contribution in [-0.4, -0.2) is 16.5 Å². The Labute approximate surface area is 92.8 Å². The minimum Gasteiger partial charge on any atom is -0.310 e. The van der Waals surface area contributed by atoms with E-state index in [0.29, 0.717) is 10.3 Å². The van der Waals surface area contributed by atoms with Gasteiger partial charge in [0.15, 0.2) is 0 Å². The van der Waals surface area contributed by atoms with Gasteiger partial charge in [0.25, 0.3) is 0 Å². The summed E-state index contributed by atoms with van der Waals surface area (Å²) in [5.41, 5.74) is 0.843. The number of nitrogens with one attached hydrogen (secondary N) is 1. The van der Waals surface area contributed by atoms with Crippen molar-refractivity contribution in [2.45, 2.75) is 25.3 Å². The molecule has 2 heterocycles. The summed E-state index contributed by atoms with van der Waals surface area (Å²) in [7, 11) is 0. The summed E-state index contributed by atoms with van der Waals surface area (Å²) in [4.78, 5) is 7.89. The Kier molecular flexibility index (Phi) is 3.21. The summed E-state index contributed by atoms with van der Waals surface area (Å²) in [6.07, 6.45) is 4.84. The van der Waals surface area contributed by atoms with Crippen LogP contribution in [0.5, 0.6) is 0 Å². The van der Waals surface area contributed by atoms with E-state index in [9.17, 15) is 0 Å². The third kappa shape index (κ3) is 2.00. The third-order valence-corrected chi connectivity index (χ3v) is 3.05. The minimum absolute atomic E-state index is 0.213. The first-order valence-electron chi connectivity index (χ1n) is 4.68. The fraction of sp³-hybridized carbons (Fsp3) is 0.556. The second-order valence-electron chi connectivity index (χ2n) is 3.37. The highest BCUT2D eigenvalue weighted by molar-refractivity contribution is 6.34. The molecule has 5 heteroatoms. The molecule has 2 rings (SSSR count). The van der Waals surface area contributed by atoms with Crippen LogP contribution in [-0.2, 0) is 0 Å². The van der Waals surface area contributed by atoms with E-state index >= 15 is 0 Å². The Morgan fingerprint density at radius 2 is 1.93 bits per heavy atom. The van der Waals surface area contributed by atoms with E-state index in [4.69, 9.17) is 23.2 Å². The molecule has 1 unspecified atom stereocenters. The lowest BCUT2D eigenvalue weighted by atomic mass is 10.00. The molecule has 3 nitrogen and oxygen atoms in total. The number of hydrogen-bond acceptors (Lipinski definition) is 3. The molecule has 0 spiro atoms. The maximum absolute atomic E-state index is 5.99. The number of hydrogen-bond donors (Lipinski definition) is 1. The molecular weight excluding hydrogens is 221 g/mol. The van der Waals surface area contributed by atoms with Gasteiger partial charge >= 0.3 is 0 Å². The highest BCUT2D eigenvalue weighted by Crippen LogP contribution is 2.31. The lowest BCUT2D eigenvalue weighted by molar-refractivity contribution is 0.411. The second kappa shape index (κ2) is 4.43. The van der Waals surface area contributed by atoms with Crippen molar-refractivity contribution in [2.75, 3.05) is 6.54 Å². The number of aromatic nitrogens is 2. The predicted molar refractivity (Wildman–Crippen MR) is 56.6 cm³/mol. The van der Waals surface area contributed by atoms with Crippen LogP contribution in [0, 0.1) is 0 Å². The summed E-state index contributed by atoms with van der Waals surface area (Å²) in [5, 5.41) is 4.29. The lowest BCUT2D eigenvalue weighted by Crippen LogP contribution is -2.27. The molecule has 1 fully saturated rings. The van der Waals surface area contributed by atoms with Gasteiger partial charge in [-0.1, -0.05) is 29.6 Å². The van der Waals surface area contributed by atoms with Crippen LogP contribution in [0.3, 0.4) is 0 Å². The van der Waals surface area contributed by atoms with Gasteiger partial charge in [-0.15, -0.1) is 0 Å². The van der Waals surface area contributed by atoms with Crippen LogP contribution in [0.4, 0.5) is 0 Å². The molecule has 1 aliphatic rings. The molecule has 0 amide bonds. The van der Waals surface area contributed by atoms with Crippen molar-refractivity contribution in [3.8, 4) is 0 Å². The van der Waals surface area contributed by atoms with E-state index in [1.807, 2.05) is 0 Å².